The van der Waals surface area contributed by atoms with Crippen LogP contribution >= 0.6 is 0 Å². The Bertz CT molecular complexity index is 398. The predicted octanol–water partition coefficient (Wildman–Crippen LogP) is 1.37. The van der Waals surface area contributed by atoms with Gasteiger partial charge in [-0.05, 0) is 37.1 Å². The zero-order chi connectivity index (χ0) is 13.5. The van der Waals surface area contributed by atoms with Gasteiger partial charge in [-0.2, -0.15) is 0 Å². The van der Waals surface area contributed by atoms with Crippen LogP contribution < -0.4 is 14.8 Å². The van der Waals surface area contributed by atoms with E-state index in [9.17, 15) is 4.79 Å². The molecule has 0 radical (unpaired) electrons. The summed E-state index contributed by atoms with van der Waals surface area (Å²) < 4.78 is 15.9. The Morgan fingerprint density at radius 1 is 1.37 bits per heavy atom. The lowest BCUT2D eigenvalue weighted by atomic mass is 10.2. The van der Waals surface area contributed by atoms with Gasteiger partial charge in [-0.3, -0.25) is 4.79 Å². The third kappa shape index (κ3) is 4.13. The smallest absolute Gasteiger partial charge is 0.249 e. The molecule has 1 heterocycles. The molecule has 1 fully saturated rings. The van der Waals surface area contributed by atoms with E-state index < -0.39 is 0 Å². The maximum atomic E-state index is 11.6. The zero-order valence-electron chi connectivity index (χ0n) is 11.1. The molecule has 1 unspecified atom stereocenters. The third-order valence-electron chi connectivity index (χ3n) is 2.95. The summed E-state index contributed by atoms with van der Waals surface area (Å²) in [5.74, 6) is 1.50. The average Bonchev–Trinajstić information content (AvgIpc) is 2.98. The van der Waals surface area contributed by atoms with Crippen molar-refractivity contribution in [1.29, 1.82) is 0 Å². The van der Waals surface area contributed by atoms with E-state index in [1.807, 2.05) is 24.3 Å². The number of benzene rings is 1. The van der Waals surface area contributed by atoms with E-state index in [4.69, 9.17) is 14.2 Å². The SMILES string of the molecule is COc1ccc(OCCNC(=O)C2CCCO2)cc1. The number of methoxy groups -OCH3 is 1. The highest BCUT2D eigenvalue weighted by Crippen LogP contribution is 2.16. The normalized spacial score (nSPS) is 18.1. The van der Waals surface area contributed by atoms with E-state index >= 15 is 0 Å². The van der Waals surface area contributed by atoms with Crippen LogP contribution in [0.5, 0.6) is 11.5 Å². The highest BCUT2D eigenvalue weighted by Gasteiger charge is 2.22. The van der Waals surface area contributed by atoms with Gasteiger partial charge in [0.25, 0.3) is 0 Å². The molecular weight excluding hydrogens is 246 g/mol. The van der Waals surface area contributed by atoms with Crippen molar-refractivity contribution in [1.82, 2.24) is 5.32 Å². The van der Waals surface area contributed by atoms with Gasteiger partial charge in [0.1, 0.15) is 24.2 Å². The number of nitrogens with one attached hydrogen (secondary N) is 1. The second-order valence-electron chi connectivity index (χ2n) is 4.32. The molecule has 1 saturated heterocycles. The molecule has 2 rings (SSSR count). The summed E-state index contributed by atoms with van der Waals surface area (Å²) in [5, 5.41) is 2.80. The van der Waals surface area contributed by atoms with E-state index in [1.54, 1.807) is 7.11 Å². The third-order valence-corrected chi connectivity index (χ3v) is 2.95. The summed E-state index contributed by atoms with van der Waals surface area (Å²) in [6.45, 7) is 1.59. The highest BCUT2D eigenvalue weighted by molar-refractivity contribution is 5.80. The average molecular weight is 265 g/mol. The van der Waals surface area contributed by atoms with Crippen molar-refractivity contribution in [3.05, 3.63) is 24.3 Å². The van der Waals surface area contributed by atoms with Gasteiger partial charge in [-0.25, -0.2) is 0 Å². The fourth-order valence-electron chi connectivity index (χ4n) is 1.91. The van der Waals surface area contributed by atoms with Crippen molar-refractivity contribution >= 4 is 5.91 Å². The Balaban J connectivity index is 1.64. The molecule has 0 bridgehead atoms. The van der Waals surface area contributed by atoms with Crippen molar-refractivity contribution in [2.75, 3.05) is 26.9 Å². The Hall–Kier alpha value is -1.75. The largest absolute Gasteiger partial charge is 0.497 e. The number of rotatable bonds is 6. The van der Waals surface area contributed by atoms with Crippen molar-refractivity contribution in [3.63, 3.8) is 0 Å². The van der Waals surface area contributed by atoms with E-state index in [2.05, 4.69) is 5.32 Å². The maximum Gasteiger partial charge on any atom is 0.249 e. The molecule has 19 heavy (non-hydrogen) atoms. The number of hydrogen-bond acceptors (Lipinski definition) is 4. The first-order valence-corrected chi connectivity index (χ1v) is 6.46. The van der Waals surface area contributed by atoms with E-state index in [0.717, 1.165) is 24.3 Å². The van der Waals surface area contributed by atoms with Crippen molar-refractivity contribution in [3.8, 4) is 11.5 Å². The first-order chi connectivity index (χ1) is 9.29. The summed E-state index contributed by atoms with van der Waals surface area (Å²) in [5.41, 5.74) is 0. The van der Waals surface area contributed by atoms with Gasteiger partial charge in [0, 0.05) is 6.61 Å². The molecule has 0 spiro atoms. The fourth-order valence-corrected chi connectivity index (χ4v) is 1.91. The van der Waals surface area contributed by atoms with Gasteiger partial charge in [0.2, 0.25) is 5.91 Å². The summed E-state index contributed by atoms with van der Waals surface area (Å²) in [4.78, 5) is 11.6. The second kappa shape index (κ2) is 6.99. The molecule has 1 aromatic carbocycles. The molecule has 1 amide bonds. The molecule has 1 N–H and O–H groups in total. The van der Waals surface area contributed by atoms with Crippen LogP contribution in [0, 0.1) is 0 Å². The molecule has 5 nitrogen and oxygen atoms in total. The quantitative estimate of drug-likeness (QED) is 0.789. The second-order valence-corrected chi connectivity index (χ2v) is 4.32. The molecule has 0 aromatic heterocycles. The van der Waals surface area contributed by atoms with Crippen LogP contribution in [0.2, 0.25) is 0 Å². The summed E-state index contributed by atoms with van der Waals surface area (Å²) in [6.07, 6.45) is 1.49. The monoisotopic (exact) mass is 265 g/mol. The van der Waals surface area contributed by atoms with Crippen LogP contribution in [-0.4, -0.2) is 38.9 Å². The predicted molar refractivity (Wildman–Crippen MR) is 70.5 cm³/mol. The van der Waals surface area contributed by atoms with E-state index in [-0.39, 0.29) is 12.0 Å². The lowest BCUT2D eigenvalue weighted by Gasteiger charge is -2.11. The van der Waals surface area contributed by atoms with Crippen molar-refractivity contribution in [2.24, 2.45) is 0 Å². The van der Waals surface area contributed by atoms with Crippen molar-refractivity contribution < 1.29 is 19.0 Å². The molecule has 1 aromatic rings. The van der Waals surface area contributed by atoms with Crippen molar-refractivity contribution in [2.45, 2.75) is 18.9 Å². The van der Waals surface area contributed by atoms with Crippen LogP contribution in [0.4, 0.5) is 0 Å². The number of ether oxygens (including phenoxy) is 3. The lowest BCUT2D eigenvalue weighted by Crippen LogP contribution is -2.36. The summed E-state index contributed by atoms with van der Waals surface area (Å²) >= 11 is 0. The molecule has 1 atom stereocenters. The standard InChI is InChI=1S/C14H19NO4/c1-17-11-4-6-12(7-5-11)18-10-8-15-14(16)13-3-2-9-19-13/h4-7,13H,2-3,8-10H2,1H3,(H,15,16). The maximum absolute atomic E-state index is 11.6. The van der Waals surface area contributed by atoms with Gasteiger partial charge in [-0.15, -0.1) is 0 Å². The number of hydrogen-bond donors (Lipinski definition) is 1. The Kier molecular flexibility index (Phi) is 5.03. The van der Waals surface area contributed by atoms with Gasteiger partial charge in [-0.1, -0.05) is 0 Å². The van der Waals surface area contributed by atoms with Gasteiger partial charge in [0.15, 0.2) is 0 Å². The number of carbonyl (C=O) groups is 1. The van der Waals surface area contributed by atoms with Crippen LogP contribution in [0.25, 0.3) is 0 Å². The number of amides is 1. The van der Waals surface area contributed by atoms with Crippen LogP contribution in [0.3, 0.4) is 0 Å². The highest BCUT2D eigenvalue weighted by atomic mass is 16.5. The minimum Gasteiger partial charge on any atom is -0.497 e. The molecule has 104 valence electrons. The fraction of sp³-hybridized carbons (Fsp3) is 0.500. The lowest BCUT2D eigenvalue weighted by molar-refractivity contribution is -0.130. The summed E-state index contributed by atoms with van der Waals surface area (Å²) in [7, 11) is 1.62. The zero-order valence-corrected chi connectivity index (χ0v) is 11.1. The van der Waals surface area contributed by atoms with Crippen LogP contribution in [0.1, 0.15) is 12.8 Å². The van der Waals surface area contributed by atoms with Gasteiger partial charge in [0.05, 0.1) is 13.7 Å². The van der Waals surface area contributed by atoms with Gasteiger partial charge >= 0.3 is 0 Å². The molecule has 0 aliphatic carbocycles. The van der Waals surface area contributed by atoms with Gasteiger partial charge < -0.3 is 19.5 Å². The topological polar surface area (TPSA) is 56.8 Å². The van der Waals surface area contributed by atoms with Crippen LogP contribution in [0.15, 0.2) is 24.3 Å². The first kappa shape index (κ1) is 13.7. The minimum absolute atomic E-state index is 0.0455. The van der Waals surface area contributed by atoms with E-state index in [1.165, 1.54) is 0 Å². The Morgan fingerprint density at radius 2 is 2.11 bits per heavy atom. The van der Waals surface area contributed by atoms with Crippen LogP contribution in [-0.2, 0) is 9.53 Å². The Morgan fingerprint density at radius 3 is 2.74 bits per heavy atom. The first-order valence-electron chi connectivity index (χ1n) is 6.46. The van der Waals surface area contributed by atoms with E-state index in [0.29, 0.717) is 19.8 Å². The molecule has 1 aliphatic heterocycles. The molecular formula is C14H19NO4. The molecule has 1 aliphatic rings. The molecule has 5 heteroatoms. The molecule has 0 saturated carbocycles. The summed E-state index contributed by atoms with van der Waals surface area (Å²) in [6, 6.07) is 7.34. The Labute approximate surface area is 112 Å². The number of carbonyl (C=O) groups excluding carboxylic acids is 1. The minimum atomic E-state index is -0.277.